The van der Waals surface area contributed by atoms with E-state index >= 15 is 0 Å². The Balaban J connectivity index is 0.000000167. The first-order chi connectivity index (χ1) is 25.9. The molecule has 284 valence electrons. The lowest BCUT2D eigenvalue weighted by Gasteiger charge is -2.20. The lowest BCUT2D eigenvalue weighted by molar-refractivity contribution is 0.00443. The number of nitrogen functional groups attached to an aromatic ring is 2. The van der Waals surface area contributed by atoms with Gasteiger partial charge in [0.15, 0.2) is 11.2 Å². The molecule has 2 fully saturated rings. The number of halogens is 1. The van der Waals surface area contributed by atoms with Crippen molar-refractivity contribution in [1.82, 2.24) is 29.9 Å². The Morgan fingerprint density at radius 3 is 1.63 bits per heavy atom. The van der Waals surface area contributed by atoms with Crippen LogP contribution in [0.1, 0.15) is 18.5 Å². The average Bonchev–Trinajstić information content (AvgIpc) is 3.89. The number of nitrogens with two attached hydrogens (primary N) is 2. The quantitative estimate of drug-likeness (QED) is 0.0987. The molecule has 2 aliphatic carbocycles. The largest absolute Gasteiger partial charge is 0.454 e. The molecule has 2 aliphatic rings. The second-order valence-electron chi connectivity index (χ2n) is 13.4. The third-order valence-electron chi connectivity index (χ3n) is 9.85. The van der Waals surface area contributed by atoms with Crippen molar-refractivity contribution in [2.24, 2.45) is 11.8 Å². The highest BCUT2D eigenvalue weighted by molar-refractivity contribution is 6.32. The van der Waals surface area contributed by atoms with Crippen molar-refractivity contribution >= 4 is 57.1 Å². The average molecular weight is 763 g/mol. The summed E-state index contributed by atoms with van der Waals surface area (Å²) in [6.45, 7) is 1.36. The number of hydrogen-bond donors (Lipinski definition) is 10. The number of aliphatic hydroxyl groups excluding tert-OH is 6. The Morgan fingerprint density at radius 2 is 1.17 bits per heavy atom. The van der Waals surface area contributed by atoms with Crippen molar-refractivity contribution in [3.63, 3.8) is 0 Å². The fourth-order valence-electron chi connectivity index (χ4n) is 7.03. The Hall–Kier alpha value is -5.21. The number of nitrogens with one attached hydrogen (secondary N) is 2. The molecule has 6 aromatic rings. The number of hydrogen-bond acceptors (Lipinski definition) is 18. The van der Waals surface area contributed by atoms with E-state index in [-0.39, 0.29) is 36.1 Å². The van der Waals surface area contributed by atoms with E-state index in [0.29, 0.717) is 58.2 Å². The zero-order valence-corrected chi connectivity index (χ0v) is 29.5. The molecule has 0 bridgehead atoms. The molecule has 0 saturated heterocycles. The van der Waals surface area contributed by atoms with Crippen LogP contribution in [0.15, 0.2) is 57.9 Å². The van der Waals surface area contributed by atoms with Crippen LogP contribution >= 0.6 is 11.6 Å². The molecule has 8 rings (SSSR count). The van der Waals surface area contributed by atoms with E-state index in [4.69, 9.17) is 31.9 Å². The fourth-order valence-corrected chi connectivity index (χ4v) is 7.30. The summed E-state index contributed by atoms with van der Waals surface area (Å²) in [6.07, 6.45) is 3.12. The zero-order valence-electron chi connectivity index (χ0n) is 28.8. The highest BCUT2D eigenvalue weighted by Gasteiger charge is 2.43. The Labute approximate surface area is 311 Å². The molecule has 6 heterocycles. The van der Waals surface area contributed by atoms with E-state index in [2.05, 4.69) is 40.5 Å². The number of pyridine rings is 2. The maximum absolute atomic E-state index is 10.3. The monoisotopic (exact) mass is 762 g/mol. The predicted molar refractivity (Wildman–Crippen MR) is 198 cm³/mol. The summed E-state index contributed by atoms with van der Waals surface area (Å²) < 4.78 is 11.7. The topological polar surface area (TPSA) is 301 Å². The minimum absolute atomic E-state index is 0.0456. The van der Waals surface area contributed by atoms with Crippen molar-refractivity contribution in [2.45, 2.75) is 56.3 Å². The number of aryl methyl sites for hydroxylation is 1. The Morgan fingerprint density at radius 1 is 0.704 bits per heavy atom. The minimum atomic E-state index is -1.08. The summed E-state index contributed by atoms with van der Waals surface area (Å²) in [4.78, 5) is 24.8. The number of aromatic nitrogens is 6. The van der Waals surface area contributed by atoms with Gasteiger partial charge in [0, 0.05) is 48.2 Å². The molecule has 18 nitrogen and oxygen atoms in total. The summed E-state index contributed by atoms with van der Waals surface area (Å²) in [5, 5.41) is 67.4. The van der Waals surface area contributed by atoms with E-state index in [1.165, 1.54) is 0 Å². The fraction of sp³-hybridized carbons (Fsp3) is 0.371. The smallest absolute Gasteiger partial charge is 0.223 e. The molecule has 6 aromatic heterocycles. The second-order valence-corrected chi connectivity index (χ2v) is 13.7. The van der Waals surface area contributed by atoms with Gasteiger partial charge in [0.2, 0.25) is 11.9 Å². The first-order valence-corrected chi connectivity index (χ1v) is 17.5. The lowest BCUT2D eigenvalue weighted by atomic mass is 10.1. The minimum Gasteiger partial charge on any atom is -0.454 e. The maximum Gasteiger partial charge on any atom is 0.223 e. The number of furan rings is 2. The maximum atomic E-state index is 10.3. The number of aliphatic hydroxyl groups is 6. The molecule has 0 amide bonds. The normalized spacial score (nSPS) is 25.2. The molecule has 19 heteroatoms. The number of anilines is 4. The van der Waals surface area contributed by atoms with Gasteiger partial charge in [0.1, 0.15) is 40.5 Å². The van der Waals surface area contributed by atoms with Crippen molar-refractivity contribution in [3.05, 3.63) is 59.9 Å². The van der Waals surface area contributed by atoms with E-state index in [1.807, 2.05) is 12.1 Å². The third kappa shape index (κ3) is 7.19. The number of nitrogens with zero attached hydrogens (tertiary/aromatic N) is 6. The van der Waals surface area contributed by atoms with Gasteiger partial charge in [-0.15, -0.1) is 0 Å². The molecule has 0 unspecified atom stereocenters. The van der Waals surface area contributed by atoms with Crippen LogP contribution < -0.4 is 22.1 Å². The third-order valence-corrected chi connectivity index (χ3v) is 10.1. The van der Waals surface area contributed by atoms with Gasteiger partial charge in [-0.3, -0.25) is 9.97 Å². The van der Waals surface area contributed by atoms with E-state index in [0.717, 1.165) is 10.8 Å². The number of fused-ring (bicyclic) bond motifs is 2. The standard InChI is InChI=1S/C18H21N5O4.C17H18ClN5O4/c1-8-14(12-5-9-2-3-20-6-13(9)27-12)17(23-18(19)21-8)22-11-4-10(7-24)15(25)16(11)26;18-15-12(10-4-7-1-2-20-5-11(7)27-10)16(23-17(19)22-15)21-9-3-8(6-24)13(25)14(9)26/h2-3,5-6,10-11,15-16,24-26H,4,7H2,1H3,(H3,19,21,22,23);1-2,4-5,8-9,13-14,24-26H,3,6H2,(H3,19,21,22,23)/t10-,11-,15-,16+;8-,9-,13-,14+/m11/s1. The van der Waals surface area contributed by atoms with Crippen molar-refractivity contribution < 1.29 is 39.5 Å². The SMILES string of the molecule is Cc1nc(N)nc(N[C@@H]2C[C@H](CO)[C@@H](O)[C@H]2O)c1-c1cc2ccncc2o1.Nc1nc(Cl)c(-c2cc3ccncc3o2)c(N[C@@H]2C[C@H](CO)[C@@H](O)[C@H]2O)n1. The van der Waals surface area contributed by atoms with Gasteiger partial charge in [-0.2, -0.15) is 9.97 Å². The molecule has 2 saturated carbocycles. The van der Waals surface area contributed by atoms with Gasteiger partial charge < -0.3 is 61.6 Å². The molecule has 0 spiro atoms. The van der Waals surface area contributed by atoms with Gasteiger partial charge in [-0.05, 0) is 44.0 Å². The number of rotatable bonds is 8. The summed E-state index contributed by atoms with van der Waals surface area (Å²) in [5.41, 5.74) is 14.4. The molecule has 0 radical (unpaired) electrons. The summed E-state index contributed by atoms with van der Waals surface area (Å²) in [6, 6.07) is 6.24. The molecule has 8 atom stereocenters. The van der Waals surface area contributed by atoms with Crippen molar-refractivity contribution in [2.75, 3.05) is 35.3 Å². The summed E-state index contributed by atoms with van der Waals surface area (Å²) >= 11 is 6.30. The molecular formula is C35H39ClN10O8. The van der Waals surface area contributed by atoms with Gasteiger partial charge >= 0.3 is 0 Å². The highest BCUT2D eigenvalue weighted by Crippen LogP contribution is 2.39. The van der Waals surface area contributed by atoms with Crippen LogP contribution in [0.5, 0.6) is 0 Å². The van der Waals surface area contributed by atoms with Crippen LogP contribution in [-0.4, -0.2) is 110 Å². The Kier molecular flexibility index (Phi) is 10.5. The molecule has 0 aliphatic heterocycles. The lowest BCUT2D eigenvalue weighted by Crippen LogP contribution is -2.35. The van der Waals surface area contributed by atoms with Crippen LogP contribution in [0, 0.1) is 18.8 Å². The van der Waals surface area contributed by atoms with Crippen LogP contribution in [-0.2, 0) is 0 Å². The van der Waals surface area contributed by atoms with Crippen molar-refractivity contribution in [3.8, 4) is 22.6 Å². The molecule has 12 N–H and O–H groups in total. The van der Waals surface area contributed by atoms with Gasteiger partial charge in [-0.1, -0.05) is 11.6 Å². The predicted octanol–water partition coefficient (Wildman–Crippen LogP) is 1.72. The van der Waals surface area contributed by atoms with Crippen molar-refractivity contribution in [1.29, 1.82) is 0 Å². The second kappa shape index (κ2) is 15.3. The zero-order chi connectivity index (χ0) is 38.3. The van der Waals surface area contributed by atoms with Crippen LogP contribution in [0.3, 0.4) is 0 Å². The van der Waals surface area contributed by atoms with E-state index in [9.17, 15) is 30.6 Å². The molecule has 0 aromatic carbocycles. The van der Waals surface area contributed by atoms with Crippen LogP contribution in [0.2, 0.25) is 5.15 Å². The van der Waals surface area contributed by atoms with E-state index in [1.54, 1.807) is 43.8 Å². The van der Waals surface area contributed by atoms with Gasteiger partial charge in [0.25, 0.3) is 0 Å². The van der Waals surface area contributed by atoms with Crippen LogP contribution in [0.25, 0.3) is 44.6 Å². The first kappa shape index (κ1) is 37.1. The molecular weight excluding hydrogens is 724 g/mol. The van der Waals surface area contributed by atoms with E-state index < -0.39 is 48.3 Å². The summed E-state index contributed by atoms with van der Waals surface area (Å²) in [7, 11) is 0. The van der Waals surface area contributed by atoms with Gasteiger partial charge in [-0.25, -0.2) is 9.97 Å². The van der Waals surface area contributed by atoms with Crippen LogP contribution in [0.4, 0.5) is 23.5 Å². The first-order valence-electron chi connectivity index (χ1n) is 17.1. The van der Waals surface area contributed by atoms with Gasteiger partial charge in [0.05, 0.1) is 53.5 Å². The highest BCUT2D eigenvalue weighted by atomic mass is 35.5. The Bertz CT molecular complexity index is 2050. The molecule has 54 heavy (non-hydrogen) atoms. The summed E-state index contributed by atoms with van der Waals surface area (Å²) in [5.74, 6) is 0.837.